The summed E-state index contributed by atoms with van der Waals surface area (Å²) < 4.78 is 8.37. The molecule has 0 radical (unpaired) electrons. The highest BCUT2D eigenvalue weighted by atomic mass is 32.2. The molecule has 0 spiro atoms. The van der Waals surface area contributed by atoms with Crippen molar-refractivity contribution in [2.75, 3.05) is 0 Å². The Morgan fingerprint density at radius 2 is 1.66 bits per heavy atom. The van der Waals surface area contributed by atoms with Crippen molar-refractivity contribution < 1.29 is 4.74 Å². The van der Waals surface area contributed by atoms with E-state index in [-0.39, 0.29) is 11.5 Å². The molecule has 166 valence electrons. The first kappa shape index (κ1) is 22.4. The largest absolute Gasteiger partial charge is 0.483 e. The molecule has 0 amide bonds. The Morgan fingerprint density at radius 3 is 2.38 bits per heavy atom. The molecule has 0 fully saturated rings. The molecule has 1 aromatic heterocycles. The van der Waals surface area contributed by atoms with Crippen LogP contribution in [-0.4, -0.2) is 14.8 Å². The molecular formula is C27H31N3OS. The van der Waals surface area contributed by atoms with Crippen molar-refractivity contribution in [1.29, 1.82) is 0 Å². The van der Waals surface area contributed by atoms with Crippen molar-refractivity contribution in [1.82, 2.24) is 14.8 Å². The van der Waals surface area contributed by atoms with Gasteiger partial charge in [-0.15, -0.1) is 10.2 Å². The van der Waals surface area contributed by atoms with E-state index in [1.165, 1.54) is 21.9 Å². The van der Waals surface area contributed by atoms with Gasteiger partial charge in [-0.2, -0.15) is 0 Å². The van der Waals surface area contributed by atoms with Crippen LogP contribution in [0.5, 0.6) is 5.75 Å². The van der Waals surface area contributed by atoms with Crippen LogP contribution in [0.1, 0.15) is 57.7 Å². The van der Waals surface area contributed by atoms with Crippen LogP contribution in [0.25, 0.3) is 10.8 Å². The minimum absolute atomic E-state index is 0.128. The summed E-state index contributed by atoms with van der Waals surface area (Å²) in [6, 6.07) is 23.3. The van der Waals surface area contributed by atoms with Gasteiger partial charge in [0.1, 0.15) is 5.75 Å². The standard InChI is InChI=1S/C27H31N3OS/c1-6-30-25(19(2)31-23-16-14-22(15-17-23)27(3,4)5)28-29-26(30)32-18-21-12-9-11-20-10-7-8-13-24(20)21/h7-17,19H,6,18H2,1-5H3. The second-order valence-corrected chi connectivity index (χ2v) is 9.99. The monoisotopic (exact) mass is 445 g/mol. The van der Waals surface area contributed by atoms with Gasteiger partial charge in [0.15, 0.2) is 17.1 Å². The second kappa shape index (κ2) is 9.37. The third-order valence-electron chi connectivity index (χ3n) is 5.70. The average molecular weight is 446 g/mol. The summed E-state index contributed by atoms with van der Waals surface area (Å²) in [6.45, 7) is 11.6. The number of benzene rings is 3. The van der Waals surface area contributed by atoms with Crippen molar-refractivity contribution in [3.8, 4) is 5.75 Å². The molecule has 0 N–H and O–H groups in total. The number of rotatable bonds is 7. The zero-order valence-corrected chi connectivity index (χ0v) is 20.3. The van der Waals surface area contributed by atoms with Gasteiger partial charge in [-0.1, -0.05) is 87.1 Å². The van der Waals surface area contributed by atoms with Crippen LogP contribution >= 0.6 is 11.8 Å². The van der Waals surface area contributed by atoms with E-state index in [0.717, 1.165) is 29.0 Å². The van der Waals surface area contributed by atoms with E-state index < -0.39 is 0 Å². The van der Waals surface area contributed by atoms with Crippen molar-refractivity contribution in [3.05, 3.63) is 83.7 Å². The first-order valence-corrected chi connectivity index (χ1v) is 12.1. The van der Waals surface area contributed by atoms with Crippen molar-refractivity contribution in [2.45, 2.75) is 63.6 Å². The van der Waals surface area contributed by atoms with Crippen molar-refractivity contribution in [2.24, 2.45) is 0 Å². The van der Waals surface area contributed by atoms with E-state index in [0.29, 0.717) is 0 Å². The zero-order chi connectivity index (χ0) is 22.7. The van der Waals surface area contributed by atoms with Gasteiger partial charge in [-0.25, -0.2) is 0 Å². The molecule has 4 nitrogen and oxygen atoms in total. The molecule has 0 bridgehead atoms. The SMILES string of the molecule is CCn1c(SCc2cccc3ccccc23)nnc1C(C)Oc1ccc(C(C)(C)C)cc1. The summed E-state index contributed by atoms with van der Waals surface area (Å²) in [5.74, 6) is 2.55. The average Bonchev–Trinajstić information content (AvgIpc) is 3.20. The van der Waals surface area contributed by atoms with Crippen LogP contribution in [-0.2, 0) is 17.7 Å². The molecule has 3 aromatic carbocycles. The van der Waals surface area contributed by atoms with Crippen LogP contribution in [0.4, 0.5) is 0 Å². The summed E-state index contributed by atoms with van der Waals surface area (Å²) in [5.41, 5.74) is 2.73. The van der Waals surface area contributed by atoms with E-state index >= 15 is 0 Å². The quantitative estimate of drug-likeness (QED) is 0.282. The molecule has 4 rings (SSSR count). The fraction of sp³-hybridized carbons (Fsp3) is 0.333. The Kier molecular flexibility index (Phi) is 6.56. The highest BCUT2D eigenvalue weighted by Crippen LogP contribution is 2.30. The maximum atomic E-state index is 6.21. The number of hydrogen-bond donors (Lipinski definition) is 0. The predicted octanol–water partition coefficient (Wildman–Crippen LogP) is 7.18. The zero-order valence-electron chi connectivity index (χ0n) is 19.5. The fourth-order valence-electron chi connectivity index (χ4n) is 3.86. The topological polar surface area (TPSA) is 39.9 Å². The summed E-state index contributed by atoms with van der Waals surface area (Å²) in [7, 11) is 0. The van der Waals surface area contributed by atoms with Crippen LogP contribution < -0.4 is 4.74 Å². The lowest BCUT2D eigenvalue weighted by atomic mass is 9.87. The molecule has 0 aliphatic heterocycles. The van der Waals surface area contributed by atoms with Crippen LogP contribution in [0.3, 0.4) is 0 Å². The van der Waals surface area contributed by atoms with Gasteiger partial charge < -0.3 is 9.30 Å². The second-order valence-electron chi connectivity index (χ2n) is 9.05. The molecule has 0 aliphatic carbocycles. The lowest BCUT2D eigenvalue weighted by Crippen LogP contribution is -2.13. The van der Waals surface area contributed by atoms with Gasteiger partial charge in [0, 0.05) is 12.3 Å². The maximum Gasteiger partial charge on any atom is 0.191 e. The van der Waals surface area contributed by atoms with Gasteiger partial charge >= 0.3 is 0 Å². The molecule has 0 aliphatic rings. The Morgan fingerprint density at radius 1 is 0.938 bits per heavy atom. The number of fused-ring (bicyclic) bond motifs is 1. The molecule has 5 heteroatoms. The minimum Gasteiger partial charge on any atom is -0.483 e. The Bertz CT molecular complexity index is 1190. The molecular weight excluding hydrogens is 414 g/mol. The Labute approximate surface area is 195 Å². The summed E-state index contributed by atoms with van der Waals surface area (Å²) in [6.07, 6.45) is -0.185. The van der Waals surface area contributed by atoms with Gasteiger partial charge in [-0.05, 0) is 53.3 Å². The Hall–Kier alpha value is -2.79. The first-order valence-electron chi connectivity index (χ1n) is 11.2. The van der Waals surface area contributed by atoms with Crippen LogP contribution in [0.2, 0.25) is 0 Å². The number of thioether (sulfide) groups is 1. The van der Waals surface area contributed by atoms with Crippen LogP contribution in [0.15, 0.2) is 71.9 Å². The lowest BCUT2D eigenvalue weighted by Gasteiger charge is -2.20. The van der Waals surface area contributed by atoms with E-state index in [2.05, 4.69) is 97.1 Å². The molecule has 1 atom stereocenters. The van der Waals surface area contributed by atoms with E-state index in [1.54, 1.807) is 11.8 Å². The molecule has 1 unspecified atom stereocenters. The van der Waals surface area contributed by atoms with Gasteiger partial charge in [0.2, 0.25) is 0 Å². The minimum atomic E-state index is -0.185. The Balaban J connectivity index is 1.48. The third-order valence-corrected chi connectivity index (χ3v) is 6.71. The molecule has 0 saturated carbocycles. The molecule has 4 aromatic rings. The van der Waals surface area contributed by atoms with Gasteiger partial charge in [0.05, 0.1) is 0 Å². The molecule has 1 heterocycles. The van der Waals surface area contributed by atoms with Crippen LogP contribution in [0, 0.1) is 0 Å². The number of aromatic nitrogens is 3. The number of hydrogen-bond acceptors (Lipinski definition) is 4. The van der Waals surface area contributed by atoms with Gasteiger partial charge in [0.25, 0.3) is 0 Å². The normalized spacial score (nSPS) is 12.8. The smallest absolute Gasteiger partial charge is 0.191 e. The van der Waals surface area contributed by atoms with Crippen molar-refractivity contribution >= 4 is 22.5 Å². The highest BCUT2D eigenvalue weighted by Gasteiger charge is 2.20. The number of nitrogens with zero attached hydrogens (tertiary/aromatic N) is 3. The number of ether oxygens (including phenoxy) is 1. The van der Waals surface area contributed by atoms with E-state index in [4.69, 9.17) is 4.74 Å². The van der Waals surface area contributed by atoms with E-state index in [1.807, 2.05) is 19.1 Å². The predicted molar refractivity (Wildman–Crippen MR) is 133 cm³/mol. The highest BCUT2D eigenvalue weighted by molar-refractivity contribution is 7.98. The summed E-state index contributed by atoms with van der Waals surface area (Å²) in [4.78, 5) is 0. The summed E-state index contributed by atoms with van der Waals surface area (Å²) in [5, 5.41) is 12.5. The summed E-state index contributed by atoms with van der Waals surface area (Å²) >= 11 is 1.72. The maximum absolute atomic E-state index is 6.21. The molecule has 0 saturated heterocycles. The lowest BCUT2D eigenvalue weighted by molar-refractivity contribution is 0.210. The molecule has 32 heavy (non-hydrogen) atoms. The fourth-order valence-corrected chi connectivity index (χ4v) is 4.87. The van der Waals surface area contributed by atoms with Crippen molar-refractivity contribution in [3.63, 3.8) is 0 Å². The first-order chi connectivity index (χ1) is 15.4. The third kappa shape index (κ3) is 4.83. The van der Waals surface area contributed by atoms with Gasteiger partial charge in [-0.3, -0.25) is 0 Å². The van der Waals surface area contributed by atoms with E-state index in [9.17, 15) is 0 Å².